The third-order valence-electron chi connectivity index (χ3n) is 5.42. The molecule has 0 heterocycles. The van der Waals surface area contributed by atoms with Crippen molar-refractivity contribution in [3.63, 3.8) is 0 Å². The van der Waals surface area contributed by atoms with E-state index < -0.39 is 5.60 Å². The van der Waals surface area contributed by atoms with Crippen LogP contribution in [0.5, 0.6) is 0 Å². The van der Waals surface area contributed by atoms with E-state index in [0.717, 1.165) is 63.7 Å². The lowest BCUT2D eigenvalue weighted by atomic mass is 10.0. The molecule has 0 radical (unpaired) electrons. The van der Waals surface area contributed by atoms with Crippen LogP contribution in [0.1, 0.15) is 94.5 Å². The number of rotatable bonds is 16. The van der Waals surface area contributed by atoms with E-state index in [1.807, 2.05) is 43.9 Å². The summed E-state index contributed by atoms with van der Waals surface area (Å²) in [4.78, 5) is 26.2. The fourth-order valence-corrected chi connectivity index (χ4v) is 3.66. The topological polar surface area (TPSA) is 65.1 Å². The van der Waals surface area contributed by atoms with Gasteiger partial charge in [0.2, 0.25) is 0 Å². The Balaban J connectivity index is 2.39. The van der Waals surface area contributed by atoms with Gasteiger partial charge in [0.05, 0.1) is 12.7 Å². The maximum atomic E-state index is 12.7. The molecular weight excluding hydrogens is 418 g/mol. The van der Waals surface area contributed by atoms with Crippen molar-refractivity contribution in [2.24, 2.45) is 0 Å². The molecule has 1 rings (SSSR count). The van der Waals surface area contributed by atoms with Gasteiger partial charge in [-0.25, -0.2) is 9.59 Å². The standard InChI is InChI=1S/C27H45NO5/c1-27(2,3)33-26(30)28(19-12-8-6-7-9-14-21-31-4)20-13-10-11-16-23-17-15-18-24(22-23)25(29)32-5/h15,17-18,22H,6-14,16,19-21H2,1-5H3. The predicted molar refractivity (Wildman–Crippen MR) is 133 cm³/mol. The number of ether oxygens (including phenoxy) is 3. The van der Waals surface area contributed by atoms with Crippen LogP contribution in [0.2, 0.25) is 0 Å². The molecule has 188 valence electrons. The van der Waals surface area contributed by atoms with Crippen LogP contribution < -0.4 is 0 Å². The molecule has 0 fully saturated rings. The number of hydrogen-bond acceptors (Lipinski definition) is 5. The summed E-state index contributed by atoms with van der Waals surface area (Å²) in [6.45, 7) is 8.02. The molecule has 1 aromatic carbocycles. The Morgan fingerprint density at radius 2 is 1.45 bits per heavy atom. The first-order chi connectivity index (χ1) is 15.8. The molecule has 0 unspecified atom stereocenters. The number of amides is 1. The van der Waals surface area contributed by atoms with Gasteiger partial charge in [0.15, 0.2) is 0 Å². The molecule has 0 spiro atoms. The van der Waals surface area contributed by atoms with Crippen molar-refractivity contribution in [3.05, 3.63) is 35.4 Å². The minimum Gasteiger partial charge on any atom is -0.465 e. The lowest BCUT2D eigenvalue weighted by molar-refractivity contribution is 0.0243. The van der Waals surface area contributed by atoms with Gasteiger partial charge in [-0.15, -0.1) is 0 Å². The number of aryl methyl sites for hydroxylation is 1. The second-order valence-corrected chi connectivity index (χ2v) is 9.58. The summed E-state index contributed by atoms with van der Waals surface area (Å²) in [7, 11) is 3.14. The Hall–Kier alpha value is -2.08. The molecule has 0 saturated heterocycles. The van der Waals surface area contributed by atoms with Gasteiger partial charge in [-0.2, -0.15) is 0 Å². The second-order valence-electron chi connectivity index (χ2n) is 9.58. The maximum Gasteiger partial charge on any atom is 0.410 e. The fourth-order valence-electron chi connectivity index (χ4n) is 3.66. The summed E-state index contributed by atoms with van der Waals surface area (Å²) < 4.78 is 15.5. The first kappa shape index (κ1) is 29.0. The van der Waals surface area contributed by atoms with Gasteiger partial charge in [-0.3, -0.25) is 0 Å². The summed E-state index contributed by atoms with van der Waals surface area (Å²) >= 11 is 0. The molecule has 0 aliphatic carbocycles. The molecule has 0 aliphatic rings. The van der Waals surface area contributed by atoms with Crippen LogP contribution in [-0.2, 0) is 20.6 Å². The third-order valence-corrected chi connectivity index (χ3v) is 5.42. The van der Waals surface area contributed by atoms with Crippen LogP contribution in [0.25, 0.3) is 0 Å². The number of benzene rings is 1. The zero-order valence-electron chi connectivity index (χ0n) is 21.5. The van der Waals surface area contributed by atoms with E-state index >= 15 is 0 Å². The number of hydrogen-bond donors (Lipinski definition) is 0. The second kappa shape index (κ2) is 16.5. The van der Waals surface area contributed by atoms with Crippen LogP contribution in [-0.4, -0.2) is 56.5 Å². The van der Waals surface area contributed by atoms with Crippen molar-refractivity contribution in [1.29, 1.82) is 0 Å². The van der Waals surface area contributed by atoms with Gasteiger partial charge < -0.3 is 19.1 Å². The molecule has 6 nitrogen and oxygen atoms in total. The van der Waals surface area contributed by atoms with E-state index in [2.05, 4.69) is 0 Å². The molecule has 1 amide bonds. The molecule has 0 bridgehead atoms. The number of nitrogens with zero attached hydrogens (tertiary/aromatic N) is 1. The summed E-state index contributed by atoms with van der Waals surface area (Å²) in [5, 5.41) is 0. The minimum atomic E-state index is -0.485. The quantitative estimate of drug-likeness (QED) is 0.209. The highest BCUT2D eigenvalue weighted by Crippen LogP contribution is 2.14. The molecular formula is C27H45NO5. The van der Waals surface area contributed by atoms with Gasteiger partial charge in [-0.1, -0.05) is 44.2 Å². The summed E-state index contributed by atoms with van der Waals surface area (Å²) in [5.74, 6) is -0.306. The minimum absolute atomic E-state index is 0.214. The van der Waals surface area contributed by atoms with Gasteiger partial charge in [0, 0.05) is 26.8 Å². The first-order valence-corrected chi connectivity index (χ1v) is 12.4. The molecule has 1 aromatic rings. The van der Waals surface area contributed by atoms with E-state index in [1.54, 1.807) is 13.2 Å². The molecule has 0 atom stereocenters. The summed E-state index contributed by atoms with van der Waals surface area (Å²) in [6.07, 6.45) is 10.5. The largest absolute Gasteiger partial charge is 0.465 e. The van der Waals surface area contributed by atoms with Crippen molar-refractivity contribution >= 4 is 12.1 Å². The van der Waals surface area contributed by atoms with Gasteiger partial charge >= 0.3 is 12.1 Å². The predicted octanol–water partition coefficient (Wildman–Crippen LogP) is 6.41. The monoisotopic (exact) mass is 463 g/mol. The Kier molecular flexibility index (Phi) is 14.5. The van der Waals surface area contributed by atoms with Gasteiger partial charge in [0.25, 0.3) is 0 Å². The molecule has 0 aromatic heterocycles. The summed E-state index contributed by atoms with van der Waals surface area (Å²) in [6, 6.07) is 7.60. The SMILES string of the molecule is COCCCCCCCCN(CCCCCc1cccc(C(=O)OC)c1)C(=O)OC(C)(C)C. The highest BCUT2D eigenvalue weighted by molar-refractivity contribution is 5.89. The molecule has 0 saturated carbocycles. The number of esters is 1. The van der Waals surface area contributed by atoms with Crippen LogP contribution in [0.4, 0.5) is 4.79 Å². The van der Waals surface area contributed by atoms with Crippen molar-refractivity contribution < 1.29 is 23.8 Å². The lowest BCUT2D eigenvalue weighted by Crippen LogP contribution is -2.38. The van der Waals surface area contributed by atoms with Gasteiger partial charge in [0.1, 0.15) is 5.60 Å². The van der Waals surface area contributed by atoms with Gasteiger partial charge in [-0.05, 0) is 70.6 Å². The van der Waals surface area contributed by atoms with Crippen molar-refractivity contribution in [2.75, 3.05) is 33.9 Å². The van der Waals surface area contributed by atoms with Crippen LogP contribution in [0.15, 0.2) is 24.3 Å². The van der Waals surface area contributed by atoms with Crippen molar-refractivity contribution in [1.82, 2.24) is 4.90 Å². The normalized spacial score (nSPS) is 11.3. The fraction of sp³-hybridized carbons (Fsp3) is 0.704. The lowest BCUT2D eigenvalue weighted by Gasteiger charge is -2.27. The Labute approximate surface area is 201 Å². The van der Waals surface area contributed by atoms with E-state index in [9.17, 15) is 9.59 Å². The number of methoxy groups -OCH3 is 2. The number of carbonyl (C=O) groups is 2. The molecule has 0 N–H and O–H groups in total. The molecule has 0 aliphatic heterocycles. The number of carbonyl (C=O) groups excluding carboxylic acids is 2. The highest BCUT2D eigenvalue weighted by atomic mass is 16.6. The Bertz CT molecular complexity index is 683. The van der Waals surface area contributed by atoms with Crippen LogP contribution in [0, 0.1) is 0 Å². The van der Waals surface area contributed by atoms with Crippen molar-refractivity contribution in [3.8, 4) is 0 Å². The average Bonchev–Trinajstić information content (AvgIpc) is 2.77. The van der Waals surface area contributed by atoms with E-state index in [-0.39, 0.29) is 12.1 Å². The zero-order valence-corrected chi connectivity index (χ0v) is 21.5. The Morgan fingerprint density at radius 1 is 0.848 bits per heavy atom. The first-order valence-electron chi connectivity index (χ1n) is 12.4. The zero-order chi connectivity index (χ0) is 24.5. The highest BCUT2D eigenvalue weighted by Gasteiger charge is 2.21. The Morgan fingerprint density at radius 3 is 2.06 bits per heavy atom. The van der Waals surface area contributed by atoms with Crippen LogP contribution in [0.3, 0.4) is 0 Å². The number of unbranched alkanes of at least 4 members (excludes halogenated alkanes) is 7. The molecule has 6 heteroatoms. The van der Waals surface area contributed by atoms with Crippen molar-refractivity contribution in [2.45, 2.75) is 90.6 Å². The average molecular weight is 464 g/mol. The smallest absolute Gasteiger partial charge is 0.410 e. The summed E-state index contributed by atoms with van der Waals surface area (Å²) in [5.41, 5.74) is 1.23. The van der Waals surface area contributed by atoms with E-state index in [1.165, 1.54) is 26.4 Å². The van der Waals surface area contributed by atoms with E-state index in [0.29, 0.717) is 12.1 Å². The maximum absolute atomic E-state index is 12.7. The third kappa shape index (κ3) is 13.9. The molecule has 33 heavy (non-hydrogen) atoms. The van der Waals surface area contributed by atoms with E-state index in [4.69, 9.17) is 14.2 Å². The van der Waals surface area contributed by atoms with Crippen LogP contribution >= 0.6 is 0 Å².